The first-order valence-electron chi connectivity index (χ1n) is 13.8. The lowest BCUT2D eigenvalue weighted by atomic mass is 9.91. The number of carbonyl (C=O) groups is 1. The van der Waals surface area contributed by atoms with Gasteiger partial charge in [0.1, 0.15) is 11.5 Å². The van der Waals surface area contributed by atoms with Crippen LogP contribution in [0.2, 0.25) is 5.15 Å². The Morgan fingerprint density at radius 1 is 1.14 bits per heavy atom. The number of benzene rings is 2. The third-order valence-corrected chi connectivity index (χ3v) is 7.76. The first kappa shape index (κ1) is 29.8. The molecular formula is C30H32ClF2N5O4. The van der Waals surface area contributed by atoms with Crippen LogP contribution in [0.15, 0.2) is 65.7 Å². The summed E-state index contributed by atoms with van der Waals surface area (Å²) in [6, 6.07) is 13.9. The quantitative estimate of drug-likeness (QED) is 0.370. The van der Waals surface area contributed by atoms with Crippen molar-refractivity contribution in [3.05, 3.63) is 93.6 Å². The molecule has 2 aliphatic heterocycles. The third kappa shape index (κ3) is 6.54. The molecule has 9 nitrogen and oxygen atoms in total. The number of nitrogens with one attached hydrogen (secondary N) is 1. The Morgan fingerprint density at radius 2 is 1.88 bits per heavy atom. The highest BCUT2D eigenvalue weighted by atomic mass is 35.5. The van der Waals surface area contributed by atoms with Crippen LogP contribution < -0.4 is 10.9 Å². The van der Waals surface area contributed by atoms with Gasteiger partial charge in [0, 0.05) is 37.4 Å². The molecule has 4 heterocycles. The lowest BCUT2D eigenvalue weighted by molar-refractivity contribution is -0.0299. The predicted molar refractivity (Wildman–Crippen MR) is 155 cm³/mol. The Kier molecular flexibility index (Phi) is 9.02. The molecule has 0 saturated carbocycles. The molecule has 0 radical (unpaired) electrons. The first-order chi connectivity index (χ1) is 20.1. The molecule has 6 rings (SSSR count). The van der Waals surface area contributed by atoms with E-state index in [2.05, 4.69) is 17.2 Å². The molecule has 2 N–H and O–H groups in total. The molecule has 2 fully saturated rings. The summed E-state index contributed by atoms with van der Waals surface area (Å²) in [5.41, 5.74) is -0.342. The van der Waals surface area contributed by atoms with Gasteiger partial charge < -0.3 is 20.1 Å². The highest BCUT2D eigenvalue weighted by Crippen LogP contribution is 2.27. The molecule has 4 aromatic rings. The fourth-order valence-electron chi connectivity index (χ4n) is 5.13. The number of hydrogen-bond donors (Lipinski definition) is 2. The number of amides is 1. The molecule has 1 atom stereocenters. The molecule has 12 heteroatoms. The number of para-hydroxylation sites is 1. The number of ether oxygens (including phenoxy) is 1. The smallest absolute Gasteiger partial charge is 0.262 e. The molecule has 2 saturated heterocycles. The molecule has 1 unspecified atom stereocenters. The molecule has 42 heavy (non-hydrogen) atoms. The number of hydrogen-bond acceptors (Lipinski definition) is 6. The monoisotopic (exact) mass is 599 g/mol. The second kappa shape index (κ2) is 12.7. The molecule has 0 spiro atoms. The Hall–Kier alpha value is -3.64. The molecule has 2 aliphatic rings. The van der Waals surface area contributed by atoms with E-state index in [1.165, 1.54) is 21.9 Å². The highest BCUT2D eigenvalue weighted by molar-refractivity contribution is 6.31. The number of fused-ring (bicyclic) bond motifs is 1. The normalized spacial score (nSPS) is 18.4. The number of nitrogens with zero attached hydrogens (tertiary/aromatic N) is 4. The van der Waals surface area contributed by atoms with E-state index < -0.39 is 23.1 Å². The van der Waals surface area contributed by atoms with Gasteiger partial charge in [-0.1, -0.05) is 29.8 Å². The summed E-state index contributed by atoms with van der Waals surface area (Å²) in [5.74, 6) is -2.55. The van der Waals surface area contributed by atoms with Crippen molar-refractivity contribution in [1.82, 2.24) is 24.3 Å². The number of morpholine rings is 1. The van der Waals surface area contributed by atoms with Crippen molar-refractivity contribution < 1.29 is 23.4 Å². The molecule has 0 bridgehead atoms. The number of aromatic nitrogens is 3. The minimum atomic E-state index is -1.24. The minimum Gasteiger partial charge on any atom is -0.388 e. The highest BCUT2D eigenvalue weighted by Gasteiger charge is 2.35. The average molecular weight is 600 g/mol. The Bertz CT molecular complexity index is 1610. The Labute approximate surface area is 246 Å². The number of rotatable bonds is 4. The Balaban J connectivity index is 0.000000442. The number of carbonyl (C=O) groups excluding carboxylic acids is 1. The van der Waals surface area contributed by atoms with Crippen LogP contribution in [0.5, 0.6) is 0 Å². The molecule has 0 aliphatic carbocycles. The maximum atomic E-state index is 13.5. The topological polar surface area (TPSA) is 102 Å². The lowest BCUT2D eigenvalue weighted by Crippen LogP contribution is -2.49. The standard InChI is InChI=1S/C25H21ClF2N4O3.C5H11NO/c26-21-13-18-22(32(21)17-4-2-1-3-5-17)29-15-31(24(18)34)14-25(35)8-10-30(11-9-25)23(33)16-6-7-19(27)20(28)12-16;1-5-4-6-2-3-7-5/h1-7,12-13,15,35H,8-11,14H2;5-6H,2-4H2,1H3. The van der Waals surface area contributed by atoms with Crippen LogP contribution in [0, 0.1) is 11.6 Å². The summed E-state index contributed by atoms with van der Waals surface area (Å²) in [6.45, 7) is 5.39. The zero-order chi connectivity index (χ0) is 29.9. The summed E-state index contributed by atoms with van der Waals surface area (Å²) < 4.78 is 34.9. The maximum absolute atomic E-state index is 13.5. The van der Waals surface area contributed by atoms with Crippen molar-refractivity contribution in [3.63, 3.8) is 0 Å². The van der Waals surface area contributed by atoms with Crippen molar-refractivity contribution in [2.45, 2.75) is 38.0 Å². The van der Waals surface area contributed by atoms with E-state index in [1.54, 1.807) is 10.6 Å². The summed E-state index contributed by atoms with van der Waals surface area (Å²) in [4.78, 5) is 31.7. The number of piperidine rings is 1. The predicted octanol–water partition coefficient (Wildman–Crippen LogP) is 3.78. The van der Waals surface area contributed by atoms with E-state index >= 15 is 0 Å². The van der Waals surface area contributed by atoms with E-state index in [0.717, 1.165) is 37.5 Å². The zero-order valence-electron chi connectivity index (χ0n) is 23.1. The van der Waals surface area contributed by atoms with E-state index in [4.69, 9.17) is 16.3 Å². The van der Waals surface area contributed by atoms with Gasteiger partial charge in [-0.3, -0.25) is 18.7 Å². The third-order valence-electron chi connectivity index (χ3n) is 7.48. The molecule has 1 amide bonds. The van der Waals surface area contributed by atoms with Gasteiger partial charge in [0.15, 0.2) is 17.3 Å². The summed E-state index contributed by atoms with van der Waals surface area (Å²) in [6.07, 6.45) is 2.22. The average Bonchev–Trinajstić information content (AvgIpc) is 3.34. The van der Waals surface area contributed by atoms with Crippen LogP contribution in [0.1, 0.15) is 30.1 Å². The van der Waals surface area contributed by atoms with Gasteiger partial charge in [-0.25, -0.2) is 13.8 Å². The van der Waals surface area contributed by atoms with E-state index in [0.29, 0.717) is 22.3 Å². The Morgan fingerprint density at radius 3 is 2.50 bits per heavy atom. The maximum Gasteiger partial charge on any atom is 0.262 e. The summed E-state index contributed by atoms with van der Waals surface area (Å²) in [5, 5.41) is 15.0. The van der Waals surface area contributed by atoms with Gasteiger partial charge in [-0.05, 0) is 56.2 Å². The fraction of sp³-hybridized carbons (Fsp3) is 0.367. The molecule has 222 valence electrons. The van der Waals surface area contributed by atoms with Crippen molar-refractivity contribution in [2.24, 2.45) is 0 Å². The second-order valence-electron chi connectivity index (χ2n) is 10.6. The van der Waals surface area contributed by atoms with Gasteiger partial charge in [-0.15, -0.1) is 0 Å². The van der Waals surface area contributed by atoms with E-state index in [-0.39, 0.29) is 43.6 Å². The van der Waals surface area contributed by atoms with Crippen LogP contribution in [-0.4, -0.2) is 74.5 Å². The molecule has 2 aromatic carbocycles. The van der Waals surface area contributed by atoms with Gasteiger partial charge in [0.05, 0.1) is 30.2 Å². The van der Waals surface area contributed by atoms with Crippen LogP contribution in [0.25, 0.3) is 16.7 Å². The molecule has 2 aromatic heterocycles. The van der Waals surface area contributed by atoms with Crippen molar-refractivity contribution in [3.8, 4) is 5.69 Å². The summed E-state index contributed by atoms with van der Waals surface area (Å²) in [7, 11) is 0. The number of halogens is 3. The lowest BCUT2D eigenvalue weighted by Gasteiger charge is -2.38. The minimum absolute atomic E-state index is 0.00385. The summed E-state index contributed by atoms with van der Waals surface area (Å²) >= 11 is 6.40. The van der Waals surface area contributed by atoms with Crippen LogP contribution in [0.3, 0.4) is 0 Å². The van der Waals surface area contributed by atoms with Gasteiger partial charge in [0.25, 0.3) is 11.5 Å². The molecular weight excluding hydrogens is 568 g/mol. The largest absolute Gasteiger partial charge is 0.388 e. The van der Waals surface area contributed by atoms with Crippen molar-refractivity contribution in [1.29, 1.82) is 0 Å². The van der Waals surface area contributed by atoms with Crippen LogP contribution in [0.4, 0.5) is 8.78 Å². The second-order valence-corrected chi connectivity index (χ2v) is 11.0. The van der Waals surface area contributed by atoms with Gasteiger partial charge in [0.2, 0.25) is 0 Å². The van der Waals surface area contributed by atoms with Gasteiger partial charge in [-0.2, -0.15) is 0 Å². The van der Waals surface area contributed by atoms with Crippen molar-refractivity contribution in [2.75, 3.05) is 32.8 Å². The van der Waals surface area contributed by atoms with E-state index in [9.17, 15) is 23.5 Å². The van der Waals surface area contributed by atoms with Crippen LogP contribution >= 0.6 is 11.6 Å². The van der Waals surface area contributed by atoms with Crippen LogP contribution in [-0.2, 0) is 11.3 Å². The number of likely N-dealkylation sites (tertiary alicyclic amines) is 1. The van der Waals surface area contributed by atoms with Gasteiger partial charge >= 0.3 is 0 Å². The fourth-order valence-corrected chi connectivity index (χ4v) is 5.42. The number of aliphatic hydroxyl groups is 1. The SMILES string of the molecule is CC1CNCCO1.O=C(c1ccc(F)c(F)c1)N1CCC(O)(Cn2cnc3c(cc(Cl)n3-c3ccccc3)c2=O)CC1. The zero-order valence-corrected chi connectivity index (χ0v) is 23.9. The van der Waals surface area contributed by atoms with E-state index in [1.807, 2.05) is 30.3 Å². The van der Waals surface area contributed by atoms with Crippen molar-refractivity contribution >= 4 is 28.5 Å². The first-order valence-corrected chi connectivity index (χ1v) is 14.1.